The highest BCUT2D eigenvalue weighted by Crippen LogP contribution is 2.21. The lowest BCUT2D eigenvalue weighted by molar-refractivity contribution is -0.157. The van der Waals surface area contributed by atoms with Gasteiger partial charge in [0.25, 0.3) is 5.91 Å². The first-order chi connectivity index (χ1) is 10.2. The molecule has 1 fully saturated rings. The van der Waals surface area contributed by atoms with Crippen LogP contribution in [0.25, 0.3) is 0 Å². The SMILES string of the molecule is Cc1ccc(N)cc1C(=O)NC1CCN(CC(F)(F)F)C1=O. The van der Waals surface area contributed by atoms with Crippen LogP contribution in [-0.2, 0) is 4.79 Å². The number of aryl methyl sites for hydroxylation is 1. The number of carbonyl (C=O) groups excluding carboxylic acids is 2. The maximum atomic E-state index is 12.3. The molecule has 0 saturated carbocycles. The van der Waals surface area contributed by atoms with Crippen molar-refractivity contribution >= 4 is 17.5 Å². The van der Waals surface area contributed by atoms with Crippen LogP contribution in [0.4, 0.5) is 18.9 Å². The van der Waals surface area contributed by atoms with Crippen molar-refractivity contribution in [3.63, 3.8) is 0 Å². The number of nitrogens with zero attached hydrogens (tertiary/aromatic N) is 1. The fourth-order valence-electron chi connectivity index (χ4n) is 2.37. The standard InChI is InChI=1S/C14H16F3N3O2/c1-8-2-3-9(18)6-10(8)12(21)19-11-4-5-20(13(11)22)7-14(15,16)17/h2-3,6,11H,4-5,7,18H2,1H3,(H,19,21). The van der Waals surface area contributed by atoms with Gasteiger partial charge >= 0.3 is 6.18 Å². The van der Waals surface area contributed by atoms with Crippen molar-refractivity contribution < 1.29 is 22.8 Å². The van der Waals surface area contributed by atoms with Crippen LogP contribution < -0.4 is 11.1 Å². The number of halogens is 3. The minimum Gasteiger partial charge on any atom is -0.399 e. The summed E-state index contributed by atoms with van der Waals surface area (Å²) in [5.74, 6) is -1.23. The van der Waals surface area contributed by atoms with Crippen molar-refractivity contribution in [2.24, 2.45) is 0 Å². The zero-order valence-electron chi connectivity index (χ0n) is 11.9. The summed E-state index contributed by atoms with van der Waals surface area (Å²) in [6, 6.07) is 3.84. The zero-order valence-corrected chi connectivity index (χ0v) is 11.9. The number of hydrogen-bond acceptors (Lipinski definition) is 3. The molecule has 1 atom stereocenters. The van der Waals surface area contributed by atoms with Gasteiger partial charge in [0.1, 0.15) is 12.6 Å². The first-order valence-corrected chi connectivity index (χ1v) is 6.70. The summed E-state index contributed by atoms with van der Waals surface area (Å²) >= 11 is 0. The molecule has 1 aromatic rings. The second kappa shape index (κ2) is 5.86. The van der Waals surface area contributed by atoms with Gasteiger partial charge in [0.2, 0.25) is 5.91 Å². The predicted molar refractivity (Wildman–Crippen MR) is 74.1 cm³/mol. The first kappa shape index (κ1) is 16.1. The molecular weight excluding hydrogens is 299 g/mol. The smallest absolute Gasteiger partial charge is 0.399 e. The van der Waals surface area contributed by atoms with Crippen molar-refractivity contribution in [1.82, 2.24) is 10.2 Å². The summed E-state index contributed by atoms with van der Waals surface area (Å²) in [7, 11) is 0. The Bertz CT molecular complexity index is 601. The Morgan fingerprint density at radius 2 is 2.14 bits per heavy atom. The number of hydrogen-bond donors (Lipinski definition) is 2. The minimum absolute atomic E-state index is 0.0286. The van der Waals surface area contributed by atoms with Crippen LogP contribution in [0.15, 0.2) is 18.2 Å². The third-order valence-corrected chi connectivity index (χ3v) is 3.48. The molecule has 0 aliphatic carbocycles. The normalized spacial score (nSPS) is 18.6. The molecule has 3 N–H and O–H groups in total. The van der Waals surface area contributed by atoms with E-state index in [4.69, 9.17) is 5.73 Å². The Morgan fingerprint density at radius 1 is 1.45 bits per heavy atom. The Morgan fingerprint density at radius 3 is 2.77 bits per heavy atom. The highest BCUT2D eigenvalue weighted by Gasteiger charge is 2.39. The number of anilines is 1. The fraction of sp³-hybridized carbons (Fsp3) is 0.429. The molecule has 120 valence electrons. The molecule has 8 heteroatoms. The number of rotatable bonds is 3. The maximum Gasteiger partial charge on any atom is 0.406 e. The van der Waals surface area contributed by atoms with Crippen molar-refractivity contribution in [2.75, 3.05) is 18.8 Å². The summed E-state index contributed by atoms with van der Waals surface area (Å²) in [4.78, 5) is 24.7. The summed E-state index contributed by atoms with van der Waals surface area (Å²) in [5.41, 5.74) is 6.99. The average Bonchev–Trinajstić information content (AvgIpc) is 2.72. The maximum absolute atomic E-state index is 12.3. The van der Waals surface area contributed by atoms with Crippen LogP contribution >= 0.6 is 0 Å². The lowest BCUT2D eigenvalue weighted by Crippen LogP contribution is -2.43. The lowest BCUT2D eigenvalue weighted by atomic mass is 10.1. The Kier molecular flexibility index (Phi) is 4.30. The molecular formula is C14H16F3N3O2. The molecule has 2 amide bonds. The van der Waals surface area contributed by atoms with E-state index < -0.39 is 30.6 Å². The van der Waals surface area contributed by atoms with Gasteiger partial charge < -0.3 is 16.0 Å². The van der Waals surface area contributed by atoms with Gasteiger partial charge in [-0.15, -0.1) is 0 Å². The van der Waals surface area contributed by atoms with Crippen LogP contribution in [0.1, 0.15) is 22.3 Å². The summed E-state index contributed by atoms with van der Waals surface area (Å²) in [5, 5.41) is 2.48. The first-order valence-electron chi connectivity index (χ1n) is 6.70. The van der Waals surface area contributed by atoms with Crippen LogP contribution in [0.5, 0.6) is 0 Å². The van der Waals surface area contributed by atoms with Crippen molar-refractivity contribution in [2.45, 2.75) is 25.6 Å². The van der Waals surface area contributed by atoms with E-state index in [2.05, 4.69) is 5.32 Å². The van der Waals surface area contributed by atoms with Gasteiger partial charge in [0, 0.05) is 17.8 Å². The van der Waals surface area contributed by atoms with Gasteiger partial charge in [-0.05, 0) is 31.0 Å². The van der Waals surface area contributed by atoms with E-state index in [0.717, 1.165) is 0 Å². The zero-order chi connectivity index (χ0) is 16.5. The van der Waals surface area contributed by atoms with E-state index in [1.165, 1.54) is 6.07 Å². The molecule has 1 unspecified atom stereocenters. The van der Waals surface area contributed by atoms with Gasteiger partial charge in [-0.2, -0.15) is 13.2 Å². The van der Waals surface area contributed by atoms with E-state index in [0.29, 0.717) is 21.7 Å². The van der Waals surface area contributed by atoms with Crippen molar-refractivity contribution in [3.8, 4) is 0 Å². The molecule has 1 aliphatic rings. The monoisotopic (exact) mass is 315 g/mol. The van der Waals surface area contributed by atoms with Gasteiger partial charge in [-0.1, -0.05) is 6.07 Å². The molecule has 1 aromatic carbocycles. The average molecular weight is 315 g/mol. The number of nitrogens with two attached hydrogens (primary N) is 1. The third-order valence-electron chi connectivity index (χ3n) is 3.48. The van der Waals surface area contributed by atoms with Gasteiger partial charge in [-0.3, -0.25) is 9.59 Å². The van der Waals surface area contributed by atoms with Gasteiger partial charge in [0.15, 0.2) is 0 Å². The molecule has 5 nitrogen and oxygen atoms in total. The topological polar surface area (TPSA) is 75.4 Å². The van der Waals surface area contributed by atoms with Crippen molar-refractivity contribution in [1.29, 1.82) is 0 Å². The number of benzene rings is 1. The third kappa shape index (κ3) is 3.69. The molecule has 2 rings (SSSR count). The van der Waals surface area contributed by atoms with E-state index >= 15 is 0 Å². The van der Waals surface area contributed by atoms with E-state index in [1.54, 1.807) is 19.1 Å². The predicted octanol–water partition coefficient (Wildman–Crippen LogP) is 1.47. The lowest BCUT2D eigenvalue weighted by Gasteiger charge is -2.19. The molecule has 1 heterocycles. The number of nitrogen functional groups attached to an aromatic ring is 1. The summed E-state index contributed by atoms with van der Waals surface area (Å²) < 4.78 is 37.0. The van der Waals surface area contributed by atoms with E-state index in [-0.39, 0.29) is 13.0 Å². The Labute approximate surface area is 125 Å². The number of alkyl halides is 3. The molecule has 0 bridgehead atoms. The number of carbonyl (C=O) groups is 2. The highest BCUT2D eigenvalue weighted by molar-refractivity contribution is 5.99. The molecule has 0 spiro atoms. The number of likely N-dealkylation sites (tertiary alicyclic amines) is 1. The second-order valence-electron chi connectivity index (χ2n) is 5.26. The Hall–Kier alpha value is -2.25. The largest absolute Gasteiger partial charge is 0.406 e. The number of amides is 2. The number of nitrogens with one attached hydrogen (secondary N) is 1. The Balaban J connectivity index is 2.04. The van der Waals surface area contributed by atoms with E-state index in [9.17, 15) is 22.8 Å². The fourth-order valence-corrected chi connectivity index (χ4v) is 2.37. The molecule has 0 radical (unpaired) electrons. The molecule has 22 heavy (non-hydrogen) atoms. The van der Waals surface area contributed by atoms with Crippen LogP contribution in [-0.4, -0.2) is 42.0 Å². The van der Waals surface area contributed by atoms with Gasteiger partial charge in [-0.25, -0.2) is 0 Å². The van der Waals surface area contributed by atoms with Gasteiger partial charge in [0.05, 0.1) is 0 Å². The van der Waals surface area contributed by atoms with Crippen LogP contribution in [0.3, 0.4) is 0 Å². The quantitative estimate of drug-likeness (QED) is 0.830. The van der Waals surface area contributed by atoms with Crippen molar-refractivity contribution in [3.05, 3.63) is 29.3 Å². The summed E-state index contributed by atoms with van der Waals surface area (Å²) in [6.07, 6.45) is -4.29. The van der Waals surface area contributed by atoms with Crippen LogP contribution in [0, 0.1) is 6.92 Å². The van der Waals surface area contributed by atoms with Crippen LogP contribution in [0.2, 0.25) is 0 Å². The molecule has 0 aromatic heterocycles. The second-order valence-corrected chi connectivity index (χ2v) is 5.26. The molecule has 1 saturated heterocycles. The summed E-state index contributed by atoms with van der Waals surface area (Å²) in [6.45, 7) is 0.384. The minimum atomic E-state index is -4.45. The van der Waals surface area contributed by atoms with E-state index in [1.807, 2.05) is 0 Å². The highest BCUT2D eigenvalue weighted by atomic mass is 19.4. The molecule has 1 aliphatic heterocycles.